The van der Waals surface area contributed by atoms with Gasteiger partial charge >= 0.3 is 0 Å². The third-order valence-electron chi connectivity index (χ3n) is 4.04. The number of fused-ring (bicyclic) bond motifs is 5. The van der Waals surface area contributed by atoms with Gasteiger partial charge in [0.25, 0.3) is 0 Å². The van der Waals surface area contributed by atoms with E-state index >= 15 is 0 Å². The number of ether oxygens (including phenoxy) is 3. The standard InChI is InChI=1S/C17H16O4/c1-2-19-11-4-6-12-14-9-20-15-7-10(18)3-5-13(15)17(14)21-16(12)8-11/h3-8,14,17-18H,2,9H2,1H3/t14-,17-/m1/s1. The molecule has 0 unspecified atom stereocenters. The van der Waals surface area contributed by atoms with E-state index in [4.69, 9.17) is 14.2 Å². The van der Waals surface area contributed by atoms with Crippen molar-refractivity contribution in [1.29, 1.82) is 0 Å². The smallest absolute Gasteiger partial charge is 0.138 e. The van der Waals surface area contributed by atoms with Gasteiger partial charge in [-0.25, -0.2) is 0 Å². The van der Waals surface area contributed by atoms with Crippen molar-refractivity contribution in [3.05, 3.63) is 47.5 Å². The molecule has 0 saturated carbocycles. The molecule has 21 heavy (non-hydrogen) atoms. The number of hydrogen-bond acceptors (Lipinski definition) is 4. The van der Waals surface area contributed by atoms with Crippen LogP contribution in [0.2, 0.25) is 0 Å². The molecule has 2 heterocycles. The summed E-state index contributed by atoms with van der Waals surface area (Å²) in [6.07, 6.45) is -0.0544. The van der Waals surface area contributed by atoms with E-state index in [0.29, 0.717) is 19.0 Å². The molecular weight excluding hydrogens is 268 g/mol. The quantitative estimate of drug-likeness (QED) is 0.918. The van der Waals surface area contributed by atoms with Crippen molar-refractivity contribution in [1.82, 2.24) is 0 Å². The number of aromatic hydroxyl groups is 1. The molecule has 0 spiro atoms. The highest BCUT2D eigenvalue weighted by Gasteiger charge is 2.40. The van der Waals surface area contributed by atoms with Crippen molar-refractivity contribution in [2.75, 3.05) is 13.2 Å². The predicted octanol–water partition coefficient (Wildman–Crippen LogP) is 3.40. The largest absolute Gasteiger partial charge is 0.508 e. The lowest BCUT2D eigenvalue weighted by atomic mass is 9.89. The van der Waals surface area contributed by atoms with Crippen LogP contribution in [0.25, 0.3) is 0 Å². The summed E-state index contributed by atoms with van der Waals surface area (Å²) in [4.78, 5) is 0. The number of benzene rings is 2. The number of rotatable bonds is 2. The second kappa shape index (κ2) is 4.58. The lowest BCUT2D eigenvalue weighted by Gasteiger charge is -2.27. The van der Waals surface area contributed by atoms with Gasteiger partial charge in [0.15, 0.2) is 0 Å². The van der Waals surface area contributed by atoms with Crippen LogP contribution in [0.4, 0.5) is 0 Å². The fourth-order valence-corrected chi connectivity index (χ4v) is 3.08. The third kappa shape index (κ3) is 1.90. The van der Waals surface area contributed by atoms with Gasteiger partial charge in [-0.05, 0) is 25.1 Å². The van der Waals surface area contributed by atoms with Crippen LogP contribution in [0.15, 0.2) is 36.4 Å². The Morgan fingerprint density at radius 2 is 2.00 bits per heavy atom. The van der Waals surface area contributed by atoms with E-state index in [2.05, 4.69) is 6.07 Å². The normalized spacial score (nSPS) is 21.6. The summed E-state index contributed by atoms with van der Waals surface area (Å²) < 4.78 is 17.4. The first kappa shape index (κ1) is 12.4. The lowest BCUT2D eigenvalue weighted by molar-refractivity contribution is 0.139. The molecule has 1 N–H and O–H groups in total. The van der Waals surface area contributed by atoms with Gasteiger partial charge in [0.2, 0.25) is 0 Å². The van der Waals surface area contributed by atoms with Crippen molar-refractivity contribution < 1.29 is 19.3 Å². The minimum Gasteiger partial charge on any atom is -0.508 e. The molecular formula is C17H16O4. The Morgan fingerprint density at radius 3 is 2.86 bits per heavy atom. The van der Waals surface area contributed by atoms with Gasteiger partial charge < -0.3 is 19.3 Å². The number of phenolic OH excluding ortho intramolecular Hbond substituents is 1. The molecule has 0 amide bonds. The first-order valence-corrected chi connectivity index (χ1v) is 7.15. The van der Waals surface area contributed by atoms with Crippen molar-refractivity contribution in [2.24, 2.45) is 0 Å². The van der Waals surface area contributed by atoms with Crippen molar-refractivity contribution in [3.63, 3.8) is 0 Å². The highest BCUT2D eigenvalue weighted by molar-refractivity contribution is 5.52. The van der Waals surface area contributed by atoms with E-state index in [1.54, 1.807) is 12.1 Å². The molecule has 0 aliphatic carbocycles. The molecule has 2 aliphatic rings. The predicted molar refractivity (Wildman–Crippen MR) is 77.3 cm³/mol. The SMILES string of the molecule is CCOc1ccc2c(c1)O[C@@H]1c3ccc(O)cc3OC[C@H]21. The Labute approximate surface area is 122 Å². The summed E-state index contributed by atoms with van der Waals surface area (Å²) in [7, 11) is 0. The second-order valence-electron chi connectivity index (χ2n) is 5.31. The minimum atomic E-state index is -0.0544. The van der Waals surface area contributed by atoms with Gasteiger partial charge in [0.05, 0.1) is 19.1 Å². The molecule has 0 saturated heterocycles. The molecule has 0 radical (unpaired) electrons. The fraction of sp³-hybridized carbons (Fsp3) is 0.294. The van der Waals surface area contributed by atoms with E-state index in [0.717, 1.165) is 22.6 Å². The summed E-state index contributed by atoms with van der Waals surface area (Å²) in [6.45, 7) is 3.16. The highest BCUT2D eigenvalue weighted by atomic mass is 16.5. The van der Waals surface area contributed by atoms with Crippen LogP contribution < -0.4 is 14.2 Å². The molecule has 4 rings (SSSR count). The van der Waals surface area contributed by atoms with E-state index in [-0.39, 0.29) is 17.8 Å². The molecule has 0 bridgehead atoms. The number of hydrogen-bond donors (Lipinski definition) is 1. The molecule has 2 aromatic rings. The van der Waals surface area contributed by atoms with Gasteiger partial charge in [-0.15, -0.1) is 0 Å². The van der Waals surface area contributed by atoms with Crippen LogP contribution in [-0.2, 0) is 0 Å². The van der Waals surface area contributed by atoms with E-state index in [1.165, 1.54) is 0 Å². The molecule has 4 heteroatoms. The van der Waals surface area contributed by atoms with Crippen LogP contribution >= 0.6 is 0 Å². The van der Waals surface area contributed by atoms with Gasteiger partial charge in [-0.1, -0.05) is 6.07 Å². The molecule has 0 fully saturated rings. The van der Waals surface area contributed by atoms with Gasteiger partial charge in [-0.3, -0.25) is 0 Å². The first-order valence-electron chi connectivity index (χ1n) is 7.15. The van der Waals surface area contributed by atoms with Crippen LogP contribution in [0.1, 0.15) is 30.1 Å². The van der Waals surface area contributed by atoms with Crippen molar-refractivity contribution in [3.8, 4) is 23.0 Å². The maximum atomic E-state index is 9.56. The zero-order chi connectivity index (χ0) is 14.4. The van der Waals surface area contributed by atoms with E-state index < -0.39 is 0 Å². The Hall–Kier alpha value is -2.36. The van der Waals surface area contributed by atoms with Crippen molar-refractivity contribution >= 4 is 0 Å². The van der Waals surface area contributed by atoms with E-state index in [9.17, 15) is 5.11 Å². The van der Waals surface area contributed by atoms with Crippen LogP contribution in [0.3, 0.4) is 0 Å². The average molecular weight is 284 g/mol. The maximum Gasteiger partial charge on any atom is 0.138 e. The van der Waals surface area contributed by atoms with Crippen molar-refractivity contribution in [2.45, 2.75) is 18.9 Å². The van der Waals surface area contributed by atoms with Crippen LogP contribution in [-0.4, -0.2) is 18.3 Å². The molecule has 2 aliphatic heterocycles. The third-order valence-corrected chi connectivity index (χ3v) is 4.04. The topological polar surface area (TPSA) is 47.9 Å². The molecule has 108 valence electrons. The molecule has 2 atom stereocenters. The Bertz CT molecular complexity index is 695. The van der Waals surface area contributed by atoms with Gasteiger partial charge in [0, 0.05) is 23.3 Å². The summed E-state index contributed by atoms with van der Waals surface area (Å²) in [5.74, 6) is 2.78. The summed E-state index contributed by atoms with van der Waals surface area (Å²) >= 11 is 0. The average Bonchev–Trinajstić information content (AvgIpc) is 2.85. The zero-order valence-corrected chi connectivity index (χ0v) is 11.7. The zero-order valence-electron chi connectivity index (χ0n) is 11.7. The Balaban J connectivity index is 1.72. The van der Waals surface area contributed by atoms with E-state index in [1.807, 2.05) is 25.1 Å². The highest BCUT2D eigenvalue weighted by Crippen LogP contribution is 2.52. The minimum absolute atomic E-state index is 0.0544. The second-order valence-corrected chi connectivity index (χ2v) is 5.31. The van der Waals surface area contributed by atoms with Gasteiger partial charge in [-0.2, -0.15) is 0 Å². The van der Waals surface area contributed by atoms with Crippen LogP contribution in [0, 0.1) is 0 Å². The Morgan fingerprint density at radius 1 is 1.14 bits per heavy atom. The number of phenols is 1. The maximum absolute atomic E-state index is 9.56. The Kier molecular flexibility index (Phi) is 2.70. The first-order chi connectivity index (χ1) is 10.3. The van der Waals surface area contributed by atoms with Crippen LogP contribution in [0.5, 0.6) is 23.0 Å². The monoisotopic (exact) mass is 284 g/mol. The summed E-state index contributed by atoms with van der Waals surface area (Å²) in [5.41, 5.74) is 2.14. The van der Waals surface area contributed by atoms with Gasteiger partial charge in [0.1, 0.15) is 29.1 Å². The fourth-order valence-electron chi connectivity index (χ4n) is 3.08. The molecule has 0 aromatic heterocycles. The summed E-state index contributed by atoms with van der Waals surface area (Å²) in [5, 5.41) is 9.56. The molecule has 2 aromatic carbocycles. The molecule has 4 nitrogen and oxygen atoms in total. The summed E-state index contributed by atoms with van der Waals surface area (Å²) in [6, 6.07) is 11.2. The lowest BCUT2D eigenvalue weighted by Crippen LogP contribution is -2.22.